The second-order valence-corrected chi connectivity index (χ2v) is 10.8. The van der Waals surface area contributed by atoms with Gasteiger partial charge in [0.15, 0.2) is 0 Å². The summed E-state index contributed by atoms with van der Waals surface area (Å²) in [6.45, 7) is 4.26. The van der Waals surface area contributed by atoms with Gasteiger partial charge in [0.05, 0.1) is 11.4 Å². The third-order valence-electron chi connectivity index (χ3n) is 8.28. The first-order valence-electron chi connectivity index (χ1n) is 13.8. The molecule has 0 fully saturated rings. The van der Waals surface area contributed by atoms with Crippen molar-refractivity contribution in [2.75, 3.05) is 4.81 Å². The second-order valence-electron chi connectivity index (χ2n) is 10.8. The number of aryl methyl sites for hydroxylation is 2. The zero-order valence-electron chi connectivity index (χ0n) is 22.5. The summed E-state index contributed by atoms with van der Waals surface area (Å²) in [6, 6.07) is 39.8. The average Bonchev–Trinajstić information content (AvgIpc) is 3.00. The molecule has 6 aromatic rings. The fourth-order valence-corrected chi connectivity index (χ4v) is 6.45. The van der Waals surface area contributed by atoms with Gasteiger partial charge in [-0.05, 0) is 94.6 Å². The molecule has 4 aromatic carbocycles. The summed E-state index contributed by atoms with van der Waals surface area (Å²) in [6.07, 6.45) is 3.80. The second kappa shape index (κ2) is 8.79. The maximum Gasteiger partial charge on any atom is 0.329 e. The van der Waals surface area contributed by atoms with Gasteiger partial charge in [-0.3, -0.25) is 9.97 Å². The molecular weight excluding hydrogens is 485 g/mol. The fourth-order valence-electron chi connectivity index (χ4n) is 6.45. The Morgan fingerprint density at radius 3 is 1.45 bits per heavy atom. The molecule has 40 heavy (non-hydrogen) atoms. The molecule has 0 aliphatic carbocycles. The average molecular weight is 511 g/mol. The van der Waals surface area contributed by atoms with Crippen LogP contribution in [0.4, 0.5) is 11.4 Å². The number of rotatable bonds is 2. The number of benzene rings is 4. The van der Waals surface area contributed by atoms with E-state index >= 15 is 0 Å². The van der Waals surface area contributed by atoms with E-state index in [2.05, 4.69) is 128 Å². The third kappa shape index (κ3) is 3.46. The number of para-hydroxylation sites is 2. The predicted molar refractivity (Wildman–Crippen MR) is 167 cm³/mol. The van der Waals surface area contributed by atoms with Gasteiger partial charge in [0.25, 0.3) is 0 Å². The number of pyridine rings is 2. The van der Waals surface area contributed by atoms with E-state index in [9.17, 15) is 0 Å². The van der Waals surface area contributed by atoms with Crippen molar-refractivity contribution >= 4 is 29.1 Å². The molecule has 0 saturated carbocycles. The van der Waals surface area contributed by atoms with E-state index in [0.29, 0.717) is 0 Å². The third-order valence-corrected chi connectivity index (χ3v) is 8.28. The van der Waals surface area contributed by atoms with Crippen LogP contribution in [0.3, 0.4) is 0 Å². The Balaban J connectivity index is 1.43. The monoisotopic (exact) mass is 511 g/mol. The molecule has 0 radical (unpaired) electrons. The molecule has 0 spiro atoms. The van der Waals surface area contributed by atoms with Crippen LogP contribution in [-0.4, -0.2) is 16.8 Å². The van der Waals surface area contributed by atoms with Crippen LogP contribution in [0.15, 0.2) is 122 Å². The first kappa shape index (κ1) is 23.0. The van der Waals surface area contributed by atoms with Gasteiger partial charge < -0.3 is 4.81 Å². The van der Waals surface area contributed by atoms with E-state index < -0.39 is 0 Å². The molecule has 0 unspecified atom stereocenters. The van der Waals surface area contributed by atoms with Gasteiger partial charge in [-0.2, -0.15) is 0 Å². The van der Waals surface area contributed by atoms with Crippen molar-refractivity contribution in [3.8, 4) is 44.8 Å². The molecule has 2 aromatic heterocycles. The van der Waals surface area contributed by atoms with Crippen molar-refractivity contribution in [1.29, 1.82) is 0 Å². The van der Waals surface area contributed by atoms with Gasteiger partial charge in [-0.1, -0.05) is 72.8 Å². The van der Waals surface area contributed by atoms with Crippen molar-refractivity contribution in [3.63, 3.8) is 0 Å². The smallest absolute Gasteiger partial charge is 0.329 e. The lowest BCUT2D eigenvalue weighted by molar-refractivity contribution is 1.28. The van der Waals surface area contributed by atoms with Crippen molar-refractivity contribution in [1.82, 2.24) is 9.97 Å². The number of anilines is 2. The summed E-state index contributed by atoms with van der Waals surface area (Å²) < 4.78 is 0. The minimum Gasteiger partial charge on any atom is -0.376 e. The van der Waals surface area contributed by atoms with E-state index in [-0.39, 0.29) is 6.85 Å². The fraction of sp³-hybridized carbons (Fsp3) is 0.0556. The Hall–Kier alpha value is -4.96. The number of fused-ring (bicyclic) bond motifs is 11. The van der Waals surface area contributed by atoms with Crippen LogP contribution in [0.1, 0.15) is 11.1 Å². The summed E-state index contributed by atoms with van der Waals surface area (Å²) in [5.74, 6) is 0. The molecule has 0 saturated heterocycles. The molecule has 0 atom stereocenters. The van der Waals surface area contributed by atoms with E-state index in [0.717, 1.165) is 22.5 Å². The van der Waals surface area contributed by atoms with Gasteiger partial charge in [-0.25, -0.2) is 0 Å². The Morgan fingerprint density at radius 1 is 0.500 bits per heavy atom. The van der Waals surface area contributed by atoms with Crippen LogP contribution >= 0.6 is 0 Å². The van der Waals surface area contributed by atoms with Gasteiger partial charge >= 0.3 is 6.85 Å². The Labute approximate surface area is 234 Å². The van der Waals surface area contributed by atoms with Crippen molar-refractivity contribution in [2.24, 2.45) is 0 Å². The maximum absolute atomic E-state index is 4.73. The molecule has 188 valence electrons. The van der Waals surface area contributed by atoms with Crippen molar-refractivity contribution in [2.45, 2.75) is 13.8 Å². The van der Waals surface area contributed by atoms with Gasteiger partial charge in [0.1, 0.15) is 0 Å². The highest BCUT2D eigenvalue weighted by Crippen LogP contribution is 2.46. The van der Waals surface area contributed by atoms with E-state index in [4.69, 9.17) is 9.97 Å². The molecule has 4 heteroatoms. The molecule has 2 aliphatic rings. The zero-order chi connectivity index (χ0) is 26.8. The number of nitrogens with zero attached hydrogens (tertiary/aromatic N) is 3. The summed E-state index contributed by atoms with van der Waals surface area (Å²) in [4.78, 5) is 12.0. The predicted octanol–water partition coefficient (Wildman–Crippen LogP) is 7.33. The van der Waals surface area contributed by atoms with Crippen LogP contribution in [0.25, 0.3) is 44.8 Å². The summed E-state index contributed by atoms with van der Waals surface area (Å²) in [5.41, 5.74) is 16.8. The van der Waals surface area contributed by atoms with E-state index in [1.165, 1.54) is 55.7 Å². The number of aromatic nitrogens is 2. The lowest BCUT2D eigenvalue weighted by Crippen LogP contribution is -2.59. The molecule has 8 rings (SSSR count). The first-order valence-corrected chi connectivity index (χ1v) is 13.8. The minimum absolute atomic E-state index is 0.0179. The molecule has 0 bridgehead atoms. The Kier molecular flexibility index (Phi) is 5.05. The van der Waals surface area contributed by atoms with Crippen LogP contribution < -0.4 is 15.7 Å². The largest absolute Gasteiger partial charge is 0.376 e. The first-order chi connectivity index (χ1) is 19.7. The highest BCUT2D eigenvalue weighted by Gasteiger charge is 2.42. The summed E-state index contributed by atoms with van der Waals surface area (Å²) in [7, 11) is 0. The van der Waals surface area contributed by atoms with E-state index in [1.54, 1.807) is 0 Å². The van der Waals surface area contributed by atoms with Crippen LogP contribution in [0.5, 0.6) is 0 Å². The number of hydrogen-bond donors (Lipinski definition) is 0. The molecule has 4 heterocycles. The minimum atomic E-state index is 0.0179. The molecule has 0 amide bonds. The van der Waals surface area contributed by atoms with E-state index in [1.807, 2.05) is 12.4 Å². The normalized spacial score (nSPS) is 12.7. The van der Waals surface area contributed by atoms with Gasteiger partial charge in [-0.15, -0.1) is 0 Å². The number of hydrogen-bond acceptors (Lipinski definition) is 3. The van der Waals surface area contributed by atoms with Crippen molar-refractivity contribution in [3.05, 3.63) is 133 Å². The van der Waals surface area contributed by atoms with Crippen LogP contribution in [0.2, 0.25) is 0 Å². The SMILES string of the molecule is Cc1ccnc(-c2ccc3c(c2)B2c4cc(-c5cc(C)ccn5)ccc4-c4ccccc4N2c2ccccc2-3)c1. The summed E-state index contributed by atoms with van der Waals surface area (Å²) in [5, 5.41) is 0. The topological polar surface area (TPSA) is 29.0 Å². The van der Waals surface area contributed by atoms with Gasteiger partial charge in [0, 0.05) is 34.9 Å². The lowest BCUT2D eigenvalue weighted by Gasteiger charge is -2.43. The quantitative estimate of drug-likeness (QED) is 0.228. The Bertz CT molecular complexity index is 1820. The highest BCUT2D eigenvalue weighted by molar-refractivity contribution is 6.92. The standard InChI is InChI=1S/C36H26BN3/c1-23-15-17-38-33(19-23)25-11-13-27-29-7-3-5-9-35(29)40-36-10-6-4-8-30(36)28-14-12-26(34-20-24(2)16-18-39-34)22-32(28)37(40)31(27)21-25/h3-22H,1-2H3. The van der Waals surface area contributed by atoms with Gasteiger partial charge in [0.2, 0.25) is 0 Å². The highest BCUT2D eigenvalue weighted by atomic mass is 15.1. The maximum atomic E-state index is 4.73. The summed E-state index contributed by atoms with van der Waals surface area (Å²) >= 11 is 0. The molecule has 2 aliphatic heterocycles. The molecule has 3 nitrogen and oxygen atoms in total. The van der Waals surface area contributed by atoms with Crippen LogP contribution in [-0.2, 0) is 0 Å². The Morgan fingerprint density at radius 2 is 0.975 bits per heavy atom. The molecule has 0 N–H and O–H groups in total. The van der Waals surface area contributed by atoms with Crippen molar-refractivity contribution < 1.29 is 0 Å². The lowest BCUT2D eigenvalue weighted by atomic mass is 9.43. The van der Waals surface area contributed by atoms with Crippen LogP contribution in [0, 0.1) is 13.8 Å². The zero-order valence-corrected chi connectivity index (χ0v) is 22.5. The molecular formula is C36H26BN3.